The third-order valence-corrected chi connectivity index (χ3v) is 2.13. The lowest BCUT2D eigenvalue weighted by Crippen LogP contribution is -2.04. The van der Waals surface area contributed by atoms with Crippen LogP contribution in [0.3, 0.4) is 0 Å². The van der Waals surface area contributed by atoms with Crippen molar-refractivity contribution in [2.45, 2.75) is 13.8 Å². The van der Waals surface area contributed by atoms with Gasteiger partial charge in [0.1, 0.15) is 0 Å². The normalized spacial score (nSPS) is 9.64. The smallest absolute Gasteiger partial charge is 0.337 e. The molecule has 0 spiro atoms. The molecule has 0 aliphatic carbocycles. The third-order valence-electron chi connectivity index (χ3n) is 2.13. The van der Waals surface area contributed by atoms with E-state index in [4.69, 9.17) is 0 Å². The molecular formula is C11H12O3. The minimum atomic E-state index is -0.381. The van der Waals surface area contributed by atoms with E-state index in [1.165, 1.54) is 7.11 Å². The molecule has 0 fully saturated rings. The van der Waals surface area contributed by atoms with Crippen molar-refractivity contribution in [3.05, 3.63) is 34.4 Å². The predicted octanol–water partition coefficient (Wildman–Crippen LogP) is 1.90. The fourth-order valence-corrected chi connectivity index (χ4v) is 1.40. The van der Waals surface area contributed by atoms with Crippen LogP contribution in [0.25, 0.3) is 0 Å². The van der Waals surface area contributed by atoms with Gasteiger partial charge in [-0.2, -0.15) is 0 Å². The highest BCUT2D eigenvalue weighted by Gasteiger charge is 2.09. The molecule has 0 N–H and O–H groups in total. The van der Waals surface area contributed by atoms with Crippen LogP contribution >= 0.6 is 0 Å². The van der Waals surface area contributed by atoms with Gasteiger partial charge in [0.05, 0.1) is 12.7 Å². The van der Waals surface area contributed by atoms with Gasteiger partial charge in [0.25, 0.3) is 0 Å². The van der Waals surface area contributed by atoms with Gasteiger partial charge in [-0.15, -0.1) is 0 Å². The van der Waals surface area contributed by atoms with Crippen molar-refractivity contribution in [2.75, 3.05) is 7.11 Å². The topological polar surface area (TPSA) is 43.4 Å². The van der Waals surface area contributed by atoms with Crippen LogP contribution in [0.2, 0.25) is 0 Å². The second-order valence-electron chi connectivity index (χ2n) is 3.13. The minimum Gasteiger partial charge on any atom is -0.465 e. The first kappa shape index (κ1) is 10.4. The van der Waals surface area contributed by atoms with Crippen molar-refractivity contribution in [2.24, 2.45) is 0 Å². The predicted molar refractivity (Wildman–Crippen MR) is 52.6 cm³/mol. The molecular weight excluding hydrogens is 180 g/mol. The van der Waals surface area contributed by atoms with Gasteiger partial charge in [0.15, 0.2) is 6.29 Å². The largest absolute Gasteiger partial charge is 0.465 e. The number of methoxy groups -OCH3 is 1. The van der Waals surface area contributed by atoms with Crippen molar-refractivity contribution in [1.29, 1.82) is 0 Å². The fraction of sp³-hybridized carbons (Fsp3) is 0.273. The lowest BCUT2D eigenvalue weighted by Gasteiger charge is -2.06. The van der Waals surface area contributed by atoms with E-state index in [0.717, 1.165) is 17.4 Å². The zero-order valence-corrected chi connectivity index (χ0v) is 8.46. The molecule has 0 atom stereocenters. The maximum absolute atomic E-state index is 11.2. The molecule has 0 aromatic heterocycles. The zero-order valence-electron chi connectivity index (χ0n) is 8.46. The van der Waals surface area contributed by atoms with Gasteiger partial charge < -0.3 is 4.74 Å². The second-order valence-corrected chi connectivity index (χ2v) is 3.13. The highest BCUT2D eigenvalue weighted by atomic mass is 16.5. The number of carbonyl (C=O) groups excluding carboxylic acids is 2. The zero-order chi connectivity index (χ0) is 10.7. The lowest BCUT2D eigenvalue weighted by atomic mass is 10.0. The Morgan fingerprint density at radius 3 is 2.14 bits per heavy atom. The van der Waals surface area contributed by atoms with Crippen LogP contribution in [-0.4, -0.2) is 19.4 Å². The summed E-state index contributed by atoms with van der Waals surface area (Å²) in [5.74, 6) is -0.381. The Hall–Kier alpha value is -1.64. The van der Waals surface area contributed by atoms with E-state index >= 15 is 0 Å². The standard InChI is InChI=1S/C11H12O3/c1-7-4-9(11(13)14-3)5-8(2)10(7)6-12/h4-6H,1-3H3. The summed E-state index contributed by atoms with van der Waals surface area (Å²) in [7, 11) is 1.33. The second kappa shape index (κ2) is 4.05. The molecule has 1 rings (SSSR count). The van der Waals surface area contributed by atoms with E-state index in [1.807, 2.05) is 0 Å². The van der Waals surface area contributed by atoms with E-state index < -0.39 is 0 Å². The van der Waals surface area contributed by atoms with Gasteiger partial charge in [-0.1, -0.05) is 0 Å². The number of rotatable bonds is 2. The highest BCUT2D eigenvalue weighted by Crippen LogP contribution is 2.15. The first-order valence-electron chi connectivity index (χ1n) is 4.25. The van der Waals surface area contributed by atoms with E-state index in [0.29, 0.717) is 11.1 Å². The van der Waals surface area contributed by atoms with E-state index in [2.05, 4.69) is 4.74 Å². The Bertz CT molecular complexity index is 357. The molecule has 0 heterocycles. The van der Waals surface area contributed by atoms with Gasteiger partial charge in [0.2, 0.25) is 0 Å². The van der Waals surface area contributed by atoms with Crippen LogP contribution in [0, 0.1) is 13.8 Å². The van der Waals surface area contributed by atoms with Crippen LogP contribution in [-0.2, 0) is 4.74 Å². The molecule has 0 saturated carbocycles. The van der Waals surface area contributed by atoms with Gasteiger partial charge in [-0.3, -0.25) is 4.79 Å². The SMILES string of the molecule is COC(=O)c1cc(C)c(C=O)c(C)c1. The molecule has 0 radical (unpaired) electrons. The Morgan fingerprint density at radius 2 is 1.79 bits per heavy atom. The molecule has 0 amide bonds. The van der Waals surface area contributed by atoms with Crippen LogP contribution in [0.1, 0.15) is 31.8 Å². The Kier molecular flexibility index (Phi) is 3.02. The summed E-state index contributed by atoms with van der Waals surface area (Å²) >= 11 is 0. The number of hydrogen-bond donors (Lipinski definition) is 0. The molecule has 0 unspecified atom stereocenters. The van der Waals surface area contributed by atoms with Crippen molar-refractivity contribution >= 4 is 12.3 Å². The average molecular weight is 192 g/mol. The van der Waals surface area contributed by atoms with Gasteiger partial charge in [0, 0.05) is 5.56 Å². The molecule has 74 valence electrons. The van der Waals surface area contributed by atoms with Crippen molar-refractivity contribution < 1.29 is 14.3 Å². The third kappa shape index (κ3) is 1.82. The van der Waals surface area contributed by atoms with Gasteiger partial charge in [-0.05, 0) is 37.1 Å². The number of aryl methyl sites for hydroxylation is 2. The number of esters is 1. The van der Waals surface area contributed by atoms with Crippen LogP contribution in [0.5, 0.6) is 0 Å². The van der Waals surface area contributed by atoms with Crippen molar-refractivity contribution in [3.63, 3.8) is 0 Å². The first-order chi connectivity index (χ1) is 6.60. The molecule has 1 aromatic carbocycles. The number of carbonyl (C=O) groups is 2. The summed E-state index contributed by atoms with van der Waals surface area (Å²) < 4.78 is 4.59. The van der Waals surface area contributed by atoms with E-state index in [9.17, 15) is 9.59 Å². The summed E-state index contributed by atoms with van der Waals surface area (Å²) in [5.41, 5.74) is 2.70. The van der Waals surface area contributed by atoms with Gasteiger partial charge in [-0.25, -0.2) is 4.79 Å². The Labute approximate surface area is 82.7 Å². The molecule has 0 aliphatic rings. The molecule has 0 bridgehead atoms. The number of ether oxygens (including phenoxy) is 1. The summed E-state index contributed by atoms with van der Waals surface area (Å²) in [6.45, 7) is 3.59. The van der Waals surface area contributed by atoms with E-state index in [1.54, 1.807) is 26.0 Å². The Morgan fingerprint density at radius 1 is 1.29 bits per heavy atom. The number of hydrogen-bond acceptors (Lipinski definition) is 3. The average Bonchev–Trinajstić information content (AvgIpc) is 2.16. The monoisotopic (exact) mass is 192 g/mol. The molecule has 0 aliphatic heterocycles. The summed E-state index contributed by atoms with van der Waals surface area (Å²) in [6.07, 6.45) is 0.797. The van der Waals surface area contributed by atoms with Crippen LogP contribution in [0.4, 0.5) is 0 Å². The maximum atomic E-state index is 11.2. The molecule has 3 nitrogen and oxygen atoms in total. The van der Waals surface area contributed by atoms with Crippen molar-refractivity contribution in [1.82, 2.24) is 0 Å². The molecule has 1 aromatic rings. The number of benzene rings is 1. The van der Waals surface area contributed by atoms with Crippen LogP contribution in [0.15, 0.2) is 12.1 Å². The number of aldehydes is 1. The minimum absolute atomic E-state index is 0.381. The fourth-order valence-electron chi connectivity index (χ4n) is 1.40. The summed E-state index contributed by atoms with van der Waals surface area (Å²) in [5, 5.41) is 0. The molecule has 0 saturated heterocycles. The Balaban J connectivity index is 3.27. The first-order valence-corrected chi connectivity index (χ1v) is 4.25. The highest BCUT2D eigenvalue weighted by molar-refractivity contribution is 5.91. The molecule has 14 heavy (non-hydrogen) atoms. The molecule has 3 heteroatoms. The summed E-state index contributed by atoms with van der Waals surface area (Å²) in [6, 6.07) is 3.31. The van der Waals surface area contributed by atoms with Crippen LogP contribution < -0.4 is 0 Å². The maximum Gasteiger partial charge on any atom is 0.337 e. The lowest BCUT2D eigenvalue weighted by molar-refractivity contribution is 0.0600. The van der Waals surface area contributed by atoms with Gasteiger partial charge >= 0.3 is 5.97 Å². The summed E-state index contributed by atoms with van der Waals surface area (Å²) in [4.78, 5) is 21.9. The van der Waals surface area contributed by atoms with Crippen molar-refractivity contribution in [3.8, 4) is 0 Å². The quantitative estimate of drug-likeness (QED) is 0.531. The van der Waals surface area contributed by atoms with E-state index in [-0.39, 0.29) is 5.97 Å².